The molecule has 0 bridgehead atoms. The number of halogens is 1. The van der Waals surface area contributed by atoms with Crippen LogP contribution in [0.5, 0.6) is 0 Å². The largest absolute Gasteiger partial charge is 0.352 e. The van der Waals surface area contributed by atoms with Crippen molar-refractivity contribution in [2.45, 2.75) is 39.3 Å². The summed E-state index contributed by atoms with van der Waals surface area (Å²) in [4.78, 5) is 25.6. The van der Waals surface area contributed by atoms with Gasteiger partial charge >= 0.3 is 0 Å². The zero-order valence-electron chi connectivity index (χ0n) is 11.9. The second-order valence-electron chi connectivity index (χ2n) is 5.12. The maximum absolute atomic E-state index is 12.6. The van der Waals surface area contributed by atoms with Gasteiger partial charge in [0.15, 0.2) is 0 Å². The maximum atomic E-state index is 12.6. The van der Waals surface area contributed by atoms with Crippen LogP contribution in [0.1, 0.15) is 37.2 Å². The first-order chi connectivity index (χ1) is 9.51. The molecule has 1 saturated heterocycles. The van der Waals surface area contributed by atoms with E-state index in [1.807, 2.05) is 28.7 Å². The second-order valence-corrected chi connectivity index (χ2v) is 6.04. The number of hydrogen-bond donors (Lipinski definition) is 1. The highest BCUT2D eigenvalue weighted by atomic mass is 79.9. The number of carbonyl (C=O) groups excluding carboxylic acids is 2. The topological polar surface area (TPSA) is 54.3 Å². The standard InChI is InChI=1S/C14H20BrN3O2/c1-3-17-8-11(15)7-13(17)14(20)18-6-4-5-12(9-18)16-10(2)19/h7-8,12H,3-6,9H2,1-2H3,(H,16,19). The molecule has 1 aliphatic rings. The highest BCUT2D eigenvalue weighted by Gasteiger charge is 2.26. The van der Waals surface area contributed by atoms with Crippen molar-refractivity contribution in [2.75, 3.05) is 13.1 Å². The Kier molecular flexibility index (Phi) is 4.86. The van der Waals surface area contributed by atoms with Crippen LogP contribution in [0.2, 0.25) is 0 Å². The molecule has 0 spiro atoms. The first-order valence-corrected chi connectivity index (χ1v) is 7.72. The van der Waals surface area contributed by atoms with Gasteiger partial charge in [0.1, 0.15) is 5.69 Å². The van der Waals surface area contributed by atoms with Gasteiger partial charge in [-0.15, -0.1) is 0 Å². The molecule has 2 amide bonds. The summed E-state index contributed by atoms with van der Waals surface area (Å²) < 4.78 is 2.85. The Bertz CT molecular complexity index is 513. The quantitative estimate of drug-likeness (QED) is 0.914. The third-order valence-corrected chi connectivity index (χ3v) is 3.97. The predicted octanol–water partition coefficient (Wildman–Crippen LogP) is 2.01. The molecule has 1 aliphatic heterocycles. The smallest absolute Gasteiger partial charge is 0.270 e. The van der Waals surface area contributed by atoms with Crippen molar-refractivity contribution in [3.05, 3.63) is 22.4 Å². The molecule has 1 aromatic rings. The second kappa shape index (κ2) is 6.43. The lowest BCUT2D eigenvalue weighted by Crippen LogP contribution is -2.49. The number of aryl methyl sites for hydroxylation is 1. The first kappa shape index (κ1) is 15.1. The number of hydrogen-bond acceptors (Lipinski definition) is 2. The molecule has 0 radical (unpaired) electrons. The molecule has 1 unspecified atom stereocenters. The highest BCUT2D eigenvalue weighted by Crippen LogP contribution is 2.19. The van der Waals surface area contributed by atoms with Crippen LogP contribution in [-0.4, -0.2) is 40.4 Å². The van der Waals surface area contributed by atoms with Crippen LogP contribution in [-0.2, 0) is 11.3 Å². The van der Waals surface area contributed by atoms with Gasteiger partial charge in [0.2, 0.25) is 5.91 Å². The molecule has 0 saturated carbocycles. The molecule has 1 aromatic heterocycles. The van der Waals surface area contributed by atoms with Gasteiger partial charge in [0.25, 0.3) is 5.91 Å². The van der Waals surface area contributed by atoms with E-state index in [9.17, 15) is 9.59 Å². The number of nitrogens with zero attached hydrogens (tertiary/aromatic N) is 2. The third kappa shape index (κ3) is 3.42. The van der Waals surface area contributed by atoms with Gasteiger partial charge in [-0.1, -0.05) is 0 Å². The summed E-state index contributed by atoms with van der Waals surface area (Å²) in [6.45, 7) is 5.63. The van der Waals surface area contributed by atoms with E-state index in [1.165, 1.54) is 6.92 Å². The van der Waals surface area contributed by atoms with E-state index in [0.29, 0.717) is 12.2 Å². The molecule has 0 aliphatic carbocycles. The Balaban J connectivity index is 2.10. The molecule has 1 N–H and O–H groups in total. The molecule has 2 rings (SSSR count). The minimum atomic E-state index is -0.0380. The van der Waals surface area contributed by atoms with E-state index < -0.39 is 0 Å². The fourth-order valence-corrected chi connectivity index (χ4v) is 3.11. The van der Waals surface area contributed by atoms with Crippen LogP contribution >= 0.6 is 15.9 Å². The lowest BCUT2D eigenvalue weighted by Gasteiger charge is -2.33. The summed E-state index contributed by atoms with van der Waals surface area (Å²) in [6, 6.07) is 1.92. The normalized spacial score (nSPS) is 18.9. The van der Waals surface area contributed by atoms with Gasteiger partial charge in [0, 0.05) is 43.3 Å². The lowest BCUT2D eigenvalue weighted by atomic mass is 10.1. The minimum Gasteiger partial charge on any atom is -0.352 e. The third-order valence-electron chi connectivity index (χ3n) is 3.54. The first-order valence-electron chi connectivity index (χ1n) is 6.93. The van der Waals surface area contributed by atoms with E-state index in [2.05, 4.69) is 21.2 Å². The summed E-state index contributed by atoms with van der Waals surface area (Å²) >= 11 is 3.41. The average molecular weight is 342 g/mol. The van der Waals surface area contributed by atoms with Gasteiger partial charge in [-0.3, -0.25) is 9.59 Å². The van der Waals surface area contributed by atoms with Gasteiger partial charge in [0.05, 0.1) is 0 Å². The SMILES string of the molecule is CCn1cc(Br)cc1C(=O)N1CCCC(NC(C)=O)C1. The predicted molar refractivity (Wildman–Crippen MR) is 80.5 cm³/mol. The van der Waals surface area contributed by atoms with Crippen LogP contribution in [0.15, 0.2) is 16.7 Å². The molecule has 6 heteroatoms. The fraction of sp³-hybridized carbons (Fsp3) is 0.571. The Morgan fingerprint density at radius 2 is 2.25 bits per heavy atom. The van der Waals surface area contributed by atoms with Gasteiger partial charge in [-0.25, -0.2) is 0 Å². The number of likely N-dealkylation sites (tertiary alicyclic amines) is 1. The van der Waals surface area contributed by atoms with E-state index in [1.54, 1.807) is 0 Å². The van der Waals surface area contributed by atoms with E-state index in [4.69, 9.17) is 0 Å². The summed E-state index contributed by atoms with van der Waals surface area (Å²) in [5.41, 5.74) is 0.697. The summed E-state index contributed by atoms with van der Waals surface area (Å²) in [6.07, 6.45) is 3.77. The Hall–Kier alpha value is -1.30. The highest BCUT2D eigenvalue weighted by molar-refractivity contribution is 9.10. The van der Waals surface area contributed by atoms with Gasteiger partial charge in [-0.05, 0) is 41.8 Å². The Morgan fingerprint density at radius 1 is 1.50 bits per heavy atom. The number of carbonyl (C=O) groups is 2. The van der Waals surface area contributed by atoms with E-state index in [-0.39, 0.29) is 17.9 Å². The fourth-order valence-electron chi connectivity index (χ4n) is 2.64. The van der Waals surface area contributed by atoms with Crippen molar-refractivity contribution in [1.82, 2.24) is 14.8 Å². The van der Waals surface area contributed by atoms with Crippen LogP contribution in [0.4, 0.5) is 0 Å². The average Bonchev–Trinajstić information content (AvgIpc) is 2.78. The van der Waals surface area contributed by atoms with Crippen LogP contribution in [0.3, 0.4) is 0 Å². The number of piperidine rings is 1. The molecule has 5 nitrogen and oxygen atoms in total. The summed E-state index contributed by atoms with van der Waals surface area (Å²) in [5.74, 6) is -0.00317. The molecule has 1 fully saturated rings. The van der Waals surface area contributed by atoms with Crippen LogP contribution in [0.25, 0.3) is 0 Å². The number of amides is 2. The molecule has 2 heterocycles. The van der Waals surface area contributed by atoms with Gasteiger partial charge in [-0.2, -0.15) is 0 Å². The van der Waals surface area contributed by atoms with Crippen LogP contribution in [0, 0.1) is 0 Å². The summed E-state index contributed by atoms with van der Waals surface area (Å²) in [5, 5.41) is 2.90. The van der Waals surface area contributed by atoms with Crippen molar-refractivity contribution < 1.29 is 9.59 Å². The van der Waals surface area contributed by atoms with Crippen molar-refractivity contribution in [1.29, 1.82) is 0 Å². The number of nitrogens with one attached hydrogen (secondary N) is 1. The number of aromatic nitrogens is 1. The van der Waals surface area contributed by atoms with Crippen molar-refractivity contribution in [2.24, 2.45) is 0 Å². The lowest BCUT2D eigenvalue weighted by molar-refractivity contribution is -0.120. The van der Waals surface area contributed by atoms with Crippen LogP contribution < -0.4 is 5.32 Å². The molecular formula is C14H20BrN3O2. The zero-order valence-corrected chi connectivity index (χ0v) is 13.4. The monoisotopic (exact) mass is 341 g/mol. The van der Waals surface area contributed by atoms with Crippen molar-refractivity contribution in [3.63, 3.8) is 0 Å². The van der Waals surface area contributed by atoms with Gasteiger partial charge < -0.3 is 14.8 Å². The Labute approximate surface area is 127 Å². The molecule has 0 aromatic carbocycles. The maximum Gasteiger partial charge on any atom is 0.270 e. The minimum absolute atomic E-state index is 0.0348. The zero-order chi connectivity index (χ0) is 14.7. The van der Waals surface area contributed by atoms with Crippen molar-refractivity contribution in [3.8, 4) is 0 Å². The molecular weight excluding hydrogens is 322 g/mol. The van der Waals surface area contributed by atoms with E-state index >= 15 is 0 Å². The summed E-state index contributed by atoms with van der Waals surface area (Å²) in [7, 11) is 0. The molecule has 110 valence electrons. The number of rotatable bonds is 3. The van der Waals surface area contributed by atoms with Crippen molar-refractivity contribution >= 4 is 27.7 Å². The van der Waals surface area contributed by atoms with E-state index in [0.717, 1.165) is 30.4 Å². The molecule has 1 atom stereocenters. The molecule has 20 heavy (non-hydrogen) atoms. The Morgan fingerprint density at radius 3 is 2.90 bits per heavy atom.